The fourth-order valence-electron chi connectivity index (χ4n) is 2.58. The van der Waals surface area contributed by atoms with E-state index in [0.29, 0.717) is 5.56 Å². The first-order chi connectivity index (χ1) is 12.0. The summed E-state index contributed by atoms with van der Waals surface area (Å²) in [6.07, 6.45) is 3.62. The summed E-state index contributed by atoms with van der Waals surface area (Å²) in [6.45, 7) is 3.66. The molecule has 0 saturated heterocycles. The summed E-state index contributed by atoms with van der Waals surface area (Å²) in [4.78, 5) is 17.3. The normalized spacial score (nSPS) is 11.3. The van der Waals surface area contributed by atoms with Crippen molar-refractivity contribution in [3.8, 4) is 17.3 Å². The van der Waals surface area contributed by atoms with Crippen LogP contribution in [0.3, 0.4) is 0 Å². The highest BCUT2D eigenvalue weighted by Gasteiger charge is 2.31. The number of hydrogen-bond donors (Lipinski definition) is 0. The molecule has 0 aliphatic heterocycles. The predicted octanol–water partition coefficient (Wildman–Crippen LogP) is 3.92. The number of benzene rings is 1. The number of carbonyl (C=O) groups excluding carboxylic acids is 1. The van der Waals surface area contributed by atoms with Crippen LogP contribution in [0, 0.1) is 11.3 Å². The van der Waals surface area contributed by atoms with E-state index in [1.54, 1.807) is 18.3 Å². The highest BCUT2D eigenvalue weighted by Crippen LogP contribution is 2.37. The van der Waals surface area contributed by atoms with Crippen molar-refractivity contribution in [1.82, 2.24) is 9.38 Å². The third kappa shape index (κ3) is 3.24. The summed E-state index contributed by atoms with van der Waals surface area (Å²) in [5, 5.41) is 8.94. The topological polar surface area (TPSA) is 67.4 Å². The largest absolute Gasteiger partial charge is 0.468 e. The molecular weight excluding hydrogens is 334 g/mol. The summed E-state index contributed by atoms with van der Waals surface area (Å²) >= 11 is 1.42. The van der Waals surface area contributed by atoms with Crippen molar-refractivity contribution < 1.29 is 9.53 Å². The number of nitriles is 1. The minimum absolute atomic E-state index is 0.279. The summed E-state index contributed by atoms with van der Waals surface area (Å²) in [6, 6.07) is 13.5. The Kier molecular flexibility index (Phi) is 4.51. The third-order valence-electron chi connectivity index (χ3n) is 3.87. The molecule has 2 aromatic heterocycles. The molecule has 0 atom stereocenters. The van der Waals surface area contributed by atoms with E-state index in [1.807, 2.05) is 48.7 Å². The van der Waals surface area contributed by atoms with Crippen molar-refractivity contribution in [2.24, 2.45) is 0 Å². The zero-order chi connectivity index (χ0) is 18.0. The molecule has 1 aromatic carbocycles. The average molecular weight is 351 g/mol. The summed E-state index contributed by atoms with van der Waals surface area (Å²) < 4.78 is 6.15. The molecule has 0 spiro atoms. The number of hydrogen-bond acceptors (Lipinski definition) is 5. The van der Waals surface area contributed by atoms with Crippen molar-refractivity contribution in [3.05, 3.63) is 54.4 Å². The number of rotatable bonds is 4. The first kappa shape index (κ1) is 17.1. The number of nitrogens with zero attached hydrogens (tertiary/aromatic N) is 3. The van der Waals surface area contributed by atoms with Gasteiger partial charge in [-0.2, -0.15) is 5.26 Å². The van der Waals surface area contributed by atoms with Crippen LogP contribution in [0.5, 0.6) is 0 Å². The molecule has 0 saturated carbocycles. The SMILES string of the molecule is COC(=O)C(C)(C)Sc1ccc(-c2ccc(C#N)cc2)n2ccnc12. The van der Waals surface area contributed by atoms with Crippen LogP contribution in [0.25, 0.3) is 16.9 Å². The molecule has 0 unspecified atom stereocenters. The number of ether oxygens (including phenoxy) is 1. The fourth-order valence-corrected chi connectivity index (χ4v) is 3.68. The maximum absolute atomic E-state index is 12.0. The van der Waals surface area contributed by atoms with Gasteiger partial charge < -0.3 is 4.74 Å². The number of thioether (sulfide) groups is 1. The van der Waals surface area contributed by atoms with Crippen LogP contribution in [0.15, 0.2) is 53.7 Å². The van der Waals surface area contributed by atoms with Gasteiger partial charge in [0, 0.05) is 12.4 Å². The second-order valence-corrected chi connectivity index (χ2v) is 7.66. The molecule has 0 amide bonds. The minimum Gasteiger partial charge on any atom is -0.468 e. The molecule has 0 fully saturated rings. The van der Waals surface area contributed by atoms with Gasteiger partial charge in [-0.05, 0) is 43.7 Å². The second-order valence-electron chi connectivity index (χ2n) is 6.00. The van der Waals surface area contributed by atoms with Crippen LogP contribution in [-0.4, -0.2) is 27.2 Å². The van der Waals surface area contributed by atoms with E-state index in [0.717, 1.165) is 21.8 Å². The number of aromatic nitrogens is 2. The van der Waals surface area contributed by atoms with Gasteiger partial charge in [-0.3, -0.25) is 9.20 Å². The van der Waals surface area contributed by atoms with Gasteiger partial charge in [-0.15, -0.1) is 11.8 Å². The highest BCUT2D eigenvalue weighted by molar-refractivity contribution is 8.01. The molecule has 6 heteroatoms. The molecular formula is C19H17N3O2S. The van der Waals surface area contributed by atoms with Gasteiger partial charge in [0.2, 0.25) is 0 Å². The molecule has 0 N–H and O–H groups in total. The molecule has 0 bridgehead atoms. The van der Waals surface area contributed by atoms with Crippen molar-refractivity contribution in [2.75, 3.05) is 7.11 Å². The smallest absolute Gasteiger partial charge is 0.321 e. The number of esters is 1. The van der Waals surface area contributed by atoms with Gasteiger partial charge in [0.1, 0.15) is 4.75 Å². The van der Waals surface area contributed by atoms with Gasteiger partial charge in [0.25, 0.3) is 0 Å². The number of fused-ring (bicyclic) bond motifs is 1. The van der Waals surface area contributed by atoms with E-state index in [9.17, 15) is 4.79 Å². The Morgan fingerprint density at radius 3 is 2.60 bits per heavy atom. The Bertz CT molecular complexity index is 968. The lowest BCUT2D eigenvalue weighted by molar-refractivity contribution is -0.142. The fraction of sp³-hybridized carbons (Fsp3) is 0.211. The Morgan fingerprint density at radius 1 is 1.24 bits per heavy atom. The Hall–Kier alpha value is -2.78. The monoisotopic (exact) mass is 351 g/mol. The van der Waals surface area contributed by atoms with Crippen LogP contribution in [0.1, 0.15) is 19.4 Å². The first-order valence-corrected chi connectivity index (χ1v) is 8.52. The van der Waals surface area contributed by atoms with Gasteiger partial charge in [0.05, 0.1) is 29.3 Å². The summed E-state index contributed by atoms with van der Waals surface area (Å²) in [7, 11) is 1.39. The first-order valence-electron chi connectivity index (χ1n) is 7.70. The minimum atomic E-state index is -0.711. The van der Waals surface area contributed by atoms with Crippen molar-refractivity contribution in [3.63, 3.8) is 0 Å². The van der Waals surface area contributed by atoms with E-state index in [-0.39, 0.29) is 5.97 Å². The molecule has 3 rings (SSSR count). The Balaban J connectivity index is 2.04. The van der Waals surface area contributed by atoms with E-state index in [4.69, 9.17) is 10.00 Å². The van der Waals surface area contributed by atoms with E-state index < -0.39 is 4.75 Å². The maximum Gasteiger partial charge on any atom is 0.321 e. The van der Waals surface area contributed by atoms with E-state index in [1.165, 1.54) is 18.9 Å². The van der Waals surface area contributed by atoms with Gasteiger partial charge in [0.15, 0.2) is 5.65 Å². The highest BCUT2D eigenvalue weighted by atomic mass is 32.2. The zero-order valence-corrected chi connectivity index (χ0v) is 15.0. The van der Waals surface area contributed by atoms with Crippen molar-refractivity contribution in [2.45, 2.75) is 23.5 Å². The van der Waals surface area contributed by atoms with Crippen molar-refractivity contribution >= 4 is 23.4 Å². The van der Waals surface area contributed by atoms with Gasteiger partial charge >= 0.3 is 5.97 Å². The zero-order valence-electron chi connectivity index (χ0n) is 14.2. The molecule has 25 heavy (non-hydrogen) atoms. The van der Waals surface area contributed by atoms with E-state index in [2.05, 4.69) is 11.1 Å². The molecule has 0 aliphatic rings. The molecule has 126 valence electrons. The Labute approximate surface area is 150 Å². The third-order valence-corrected chi connectivity index (χ3v) is 5.08. The van der Waals surface area contributed by atoms with Crippen molar-refractivity contribution in [1.29, 1.82) is 5.26 Å². The van der Waals surface area contributed by atoms with Crippen LogP contribution in [0.2, 0.25) is 0 Å². The Morgan fingerprint density at radius 2 is 1.96 bits per heavy atom. The van der Waals surface area contributed by atoms with Crippen LogP contribution < -0.4 is 0 Å². The molecule has 0 radical (unpaired) electrons. The standard InChI is InChI=1S/C19H17N3O2S/c1-19(2,18(23)24-3)25-16-9-8-15(22-11-10-21-17(16)22)14-6-4-13(12-20)5-7-14/h4-11H,1-3H3. The molecule has 2 heterocycles. The quantitative estimate of drug-likeness (QED) is 0.526. The lowest BCUT2D eigenvalue weighted by atomic mass is 10.1. The predicted molar refractivity (Wildman–Crippen MR) is 97.3 cm³/mol. The second kappa shape index (κ2) is 6.61. The van der Waals surface area contributed by atoms with E-state index >= 15 is 0 Å². The van der Waals surface area contributed by atoms with Gasteiger partial charge in [-0.1, -0.05) is 12.1 Å². The number of pyridine rings is 1. The number of carbonyl (C=O) groups is 1. The van der Waals surface area contributed by atoms with Crippen LogP contribution in [0.4, 0.5) is 0 Å². The summed E-state index contributed by atoms with van der Waals surface area (Å²) in [5.74, 6) is -0.279. The number of methoxy groups -OCH3 is 1. The lowest BCUT2D eigenvalue weighted by Crippen LogP contribution is -2.28. The van der Waals surface area contributed by atoms with Crippen LogP contribution in [-0.2, 0) is 9.53 Å². The van der Waals surface area contributed by atoms with Gasteiger partial charge in [-0.25, -0.2) is 4.98 Å². The van der Waals surface area contributed by atoms with Crippen LogP contribution >= 0.6 is 11.8 Å². The summed E-state index contributed by atoms with van der Waals surface area (Å²) in [5.41, 5.74) is 3.37. The average Bonchev–Trinajstić information content (AvgIpc) is 3.11. The molecule has 5 nitrogen and oxygen atoms in total. The lowest BCUT2D eigenvalue weighted by Gasteiger charge is -2.21. The molecule has 3 aromatic rings. The molecule has 0 aliphatic carbocycles. The number of imidazole rings is 1. The maximum atomic E-state index is 12.0.